The molecule has 0 radical (unpaired) electrons. The SMILES string of the molecule is CCN1CCN(c2ccc(-c3cc(C(C)C)ccn3)cc2)CC1. The quantitative estimate of drug-likeness (QED) is 0.850. The van der Waals surface area contributed by atoms with Crippen molar-refractivity contribution in [1.82, 2.24) is 9.88 Å². The maximum absolute atomic E-state index is 4.53. The third-order valence-corrected chi connectivity index (χ3v) is 4.80. The van der Waals surface area contributed by atoms with Crippen molar-refractivity contribution in [3.05, 3.63) is 48.2 Å². The van der Waals surface area contributed by atoms with Crippen molar-refractivity contribution < 1.29 is 0 Å². The molecule has 0 amide bonds. The zero-order valence-corrected chi connectivity index (χ0v) is 14.5. The number of hydrogen-bond acceptors (Lipinski definition) is 3. The van der Waals surface area contributed by atoms with Crippen LogP contribution in [0.2, 0.25) is 0 Å². The van der Waals surface area contributed by atoms with Crippen LogP contribution in [0.1, 0.15) is 32.3 Å². The Balaban J connectivity index is 1.73. The van der Waals surface area contributed by atoms with Gasteiger partial charge in [-0.25, -0.2) is 0 Å². The Morgan fingerprint density at radius 2 is 1.70 bits per heavy atom. The second-order valence-electron chi connectivity index (χ2n) is 6.60. The van der Waals surface area contributed by atoms with E-state index in [1.165, 1.54) is 16.8 Å². The summed E-state index contributed by atoms with van der Waals surface area (Å²) in [5.74, 6) is 0.533. The molecule has 3 rings (SSSR count). The Labute approximate surface area is 140 Å². The Kier molecular flexibility index (Phi) is 4.97. The molecule has 3 nitrogen and oxygen atoms in total. The monoisotopic (exact) mass is 309 g/mol. The van der Waals surface area contributed by atoms with Crippen LogP contribution in [0.4, 0.5) is 5.69 Å². The summed E-state index contributed by atoms with van der Waals surface area (Å²) in [6.45, 7) is 12.4. The molecule has 2 aromatic rings. The van der Waals surface area contributed by atoms with E-state index < -0.39 is 0 Å². The lowest BCUT2D eigenvalue weighted by Gasteiger charge is -2.35. The van der Waals surface area contributed by atoms with Crippen LogP contribution in [-0.2, 0) is 0 Å². The van der Waals surface area contributed by atoms with Crippen molar-refractivity contribution in [3.8, 4) is 11.3 Å². The summed E-state index contributed by atoms with van der Waals surface area (Å²) in [6.07, 6.45) is 1.92. The molecule has 0 unspecified atom stereocenters. The third-order valence-electron chi connectivity index (χ3n) is 4.80. The normalized spacial score (nSPS) is 16.1. The van der Waals surface area contributed by atoms with Gasteiger partial charge in [-0.1, -0.05) is 32.9 Å². The fourth-order valence-electron chi connectivity index (χ4n) is 3.13. The molecule has 1 aromatic heterocycles. The molecular formula is C20H27N3. The van der Waals surface area contributed by atoms with E-state index in [-0.39, 0.29) is 0 Å². The first kappa shape index (κ1) is 16.0. The predicted molar refractivity (Wildman–Crippen MR) is 98.1 cm³/mol. The van der Waals surface area contributed by atoms with Gasteiger partial charge in [-0.05, 0) is 42.3 Å². The lowest BCUT2D eigenvalue weighted by atomic mass is 10.0. The molecule has 0 saturated carbocycles. The van der Waals surface area contributed by atoms with Gasteiger partial charge < -0.3 is 9.80 Å². The van der Waals surface area contributed by atoms with Gasteiger partial charge in [0, 0.05) is 43.6 Å². The number of rotatable bonds is 4. The number of hydrogen-bond donors (Lipinski definition) is 0. The van der Waals surface area contributed by atoms with Gasteiger partial charge in [0.2, 0.25) is 0 Å². The van der Waals surface area contributed by atoms with Crippen LogP contribution in [0.3, 0.4) is 0 Å². The lowest BCUT2D eigenvalue weighted by Crippen LogP contribution is -2.46. The number of benzene rings is 1. The Morgan fingerprint density at radius 1 is 1.00 bits per heavy atom. The van der Waals surface area contributed by atoms with E-state index >= 15 is 0 Å². The molecule has 1 aliphatic heterocycles. The van der Waals surface area contributed by atoms with E-state index in [4.69, 9.17) is 0 Å². The summed E-state index contributed by atoms with van der Waals surface area (Å²) < 4.78 is 0. The van der Waals surface area contributed by atoms with Crippen LogP contribution >= 0.6 is 0 Å². The first-order valence-electron chi connectivity index (χ1n) is 8.71. The number of aromatic nitrogens is 1. The summed E-state index contributed by atoms with van der Waals surface area (Å²) in [5, 5.41) is 0. The highest BCUT2D eigenvalue weighted by molar-refractivity contribution is 5.63. The number of likely N-dealkylation sites (N-methyl/N-ethyl adjacent to an activating group) is 1. The van der Waals surface area contributed by atoms with E-state index in [9.17, 15) is 0 Å². The van der Waals surface area contributed by atoms with E-state index in [0.717, 1.165) is 38.4 Å². The van der Waals surface area contributed by atoms with E-state index in [1.807, 2.05) is 6.20 Å². The fraction of sp³-hybridized carbons (Fsp3) is 0.450. The molecule has 1 aliphatic rings. The van der Waals surface area contributed by atoms with Gasteiger partial charge in [0.25, 0.3) is 0 Å². The van der Waals surface area contributed by atoms with Crippen molar-refractivity contribution in [2.24, 2.45) is 0 Å². The molecule has 1 saturated heterocycles. The molecule has 1 aromatic carbocycles. The summed E-state index contributed by atoms with van der Waals surface area (Å²) in [5.41, 5.74) is 4.93. The number of pyridine rings is 1. The summed E-state index contributed by atoms with van der Waals surface area (Å²) in [7, 11) is 0. The summed E-state index contributed by atoms with van der Waals surface area (Å²) in [6, 6.07) is 13.2. The molecule has 0 bridgehead atoms. The molecule has 1 fully saturated rings. The molecule has 0 aliphatic carbocycles. The maximum atomic E-state index is 4.53. The van der Waals surface area contributed by atoms with E-state index in [2.05, 4.69) is 72.0 Å². The maximum Gasteiger partial charge on any atom is 0.0704 e. The minimum absolute atomic E-state index is 0.533. The van der Waals surface area contributed by atoms with Gasteiger partial charge in [0.15, 0.2) is 0 Å². The van der Waals surface area contributed by atoms with Crippen molar-refractivity contribution in [3.63, 3.8) is 0 Å². The highest BCUT2D eigenvalue weighted by Crippen LogP contribution is 2.25. The molecular weight excluding hydrogens is 282 g/mol. The Hall–Kier alpha value is -1.87. The molecule has 3 heteroatoms. The van der Waals surface area contributed by atoms with Crippen molar-refractivity contribution in [1.29, 1.82) is 0 Å². The summed E-state index contributed by atoms with van der Waals surface area (Å²) >= 11 is 0. The van der Waals surface area contributed by atoms with E-state index in [0.29, 0.717) is 5.92 Å². The van der Waals surface area contributed by atoms with Crippen LogP contribution in [0.25, 0.3) is 11.3 Å². The Bertz CT molecular complexity index is 626. The van der Waals surface area contributed by atoms with Gasteiger partial charge in [-0.15, -0.1) is 0 Å². The molecule has 0 spiro atoms. The Morgan fingerprint density at radius 3 is 2.30 bits per heavy atom. The third kappa shape index (κ3) is 3.73. The van der Waals surface area contributed by atoms with Gasteiger partial charge in [-0.2, -0.15) is 0 Å². The molecule has 122 valence electrons. The van der Waals surface area contributed by atoms with Crippen LogP contribution < -0.4 is 4.90 Å². The zero-order valence-electron chi connectivity index (χ0n) is 14.5. The highest BCUT2D eigenvalue weighted by atomic mass is 15.3. The largest absolute Gasteiger partial charge is 0.369 e. The molecule has 2 heterocycles. The van der Waals surface area contributed by atoms with Gasteiger partial charge in [-0.3, -0.25) is 4.98 Å². The van der Waals surface area contributed by atoms with E-state index in [1.54, 1.807) is 0 Å². The van der Waals surface area contributed by atoms with Crippen molar-refractivity contribution >= 4 is 5.69 Å². The van der Waals surface area contributed by atoms with Crippen LogP contribution in [0.15, 0.2) is 42.6 Å². The number of nitrogens with zero attached hydrogens (tertiary/aromatic N) is 3. The van der Waals surface area contributed by atoms with Gasteiger partial charge >= 0.3 is 0 Å². The smallest absolute Gasteiger partial charge is 0.0704 e. The zero-order chi connectivity index (χ0) is 16.2. The average Bonchev–Trinajstić information content (AvgIpc) is 2.62. The topological polar surface area (TPSA) is 19.4 Å². The summed E-state index contributed by atoms with van der Waals surface area (Å²) in [4.78, 5) is 9.52. The lowest BCUT2D eigenvalue weighted by molar-refractivity contribution is 0.271. The number of piperazine rings is 1. The van der Waals surface area contributed by atoms with Gasteiger partial charge in [0.05, 0.1) is 5.69 Å². The average molecular weight is 309 g/mol. The minimum Gasteiger partial charge on any atom is -0.369 e. The second-order valence-corrected chi connectivity index (χ2v) is 6.60. The molecule has 23 heavy (non-hydrogen) atoms. The molecule has 0 atom stereocenters. The highest BCUT2D eigenvalue weighted by Gasteiger charge is 2.15. The predicted octanol–water partition coefficient (Wildman–Crippen LogP) is 4.01. The van der Waals surface area contributed by atoms with Crippen molar-refractivity contribution in [2.75, 3.05) is 37.6 Å². The minimum atomic E-state index is 0.533. The second kappa shape index (κ2) is 7.14. The molecule has 0 N–H and O–H groups in total. The number of anilines is 1. The van der Waals surface area contributed by atoms with Crippen LogP contribution in [0, 0.1) is 0 Å². The standard InChI is InChI=1S/C20H27N3/c1-4-22-11-13-23(14-12-22)19-7-5-17(6-8-19)20-15-18(16(2)3)9-10-21-20/h5-10,15-16H,4,11-14H2,1-3H3. The first-order chi connectivity index (χ1) is 11.2. The fourth-order valence-corrected chi connectivity index (χ4v) is 3.13. The van der Waals surface area contributed by atoms with Gasteiger partial charge in [0.1, 0.15) is 0 Å². The van der Waals surface area contributed by atoms with Crippen LogP contribution in [0.5, 0.6) is 0 Å². The first-order valence-corrected chi connectivity index (χ1v) is 8.71. The van der Waals surface area contributed by atoms with Crippen LogP contribution in [-0.4, -0.2) is 42.6 Å². The van der Waals surface area contributed by atoms with Crippen molar-refractivity contribution in [2.45, 2.75) is 26.7 Å².